The molecule has 3 atom stereocenters. The second kappa shape index (κ2) is 12.6. The molecule has 3 heterocycles. The molecule has 1 aromatic heterocycles. The number of esters is 1. The molecule has 1 aromatic rings. The van der Waals surface area contributed by atoms with Crippen molar-refractivity contribution >= 4 is 70.3 Å². The van der Waals surface area contributed by atoms with Gasteiger partial charge in [-0.25, -0.2) is 14.6 Å². The molecule has 13 nitrogen and oxygen atoms in total. The molecule has 3 N–H and O–H groups in total. The van der Waals surface area contributed by atoms with Gasteiger partial charge in [0.2, 0.25) is 6.29 Å². The largest absolute Gasteiger partial charge is 0.511 e. The molecule has 2 unspecified atom stereocenters. The second-order valence-electron chi connectivity index (χ2n) is 6.75. The number of nitrogens with one attached hydrogen (secondary N) is 1. The summed E-state index contributed by atoms with van der Waals surface area (Å²) in [7, 11) is 0. The predicted octanol–water partition coefficient (Wildman–Crippen LogP) is 1.23. The fourth-order valence-electron chi connectivity index (χ4n) is 2.90. The van der Waals surface area contributed by atoms with Gasteiger partial charge in [0.1, 0.15) is 23.7 Å². The predicted molar refractivity (Wildman–Crippen MR) is 129 cm³/mol. The molecule has 0 aromatic carbocycles. The molecule has 35 heavy (non-hydrogen) atoms. The summed E-state index contributed by atoms with van der Waals surface area (Å²) in [5, 5.41) is 7.84. The molecule has 16 heteroatoms. The van der Waals surface area contributed by atoms with Gasteiger partial charge in [0.15, 0.2) is 10.8 Å². The highest BCUT2D eigenvalue weighted by molar-refractivity contribution is 8.00. The average Bonchev–Trinajstić information content (AvgIpc) is 3.22. The number of carbonyl (C=O) groups is 4. The van der Waals surface area contributed by atoms with Crippen molar-refractivity contribution in [2.45, 2.75) is 38.5 Å². The van der Waals surface area contributed by atoms with Gasteiger partial charge in [-0.2, -0.15) is 0 Å². The van der Waals surface area contributed by atoms with Crippen LogP contribution in [0.15, 0.2) is 22.3 Å². The van der Waals surface area contributed by atoms with Crippen molar-refractivity contribution < 1.29 is 38.2 Å². The summed E-state index contributed by atoms with van der Waals surface area (Å²) in [6.45, 7) is 5.04. The van der Waals surface area contributed by atoms with Crippen molar-refractivity contribution in [2.75, 3.05) is 24.7 Å². The van der Waals surface area contributed by atoms with Crippen molar-refractivity contribution in [3.63, 3.8) is 0 Å². The summed E-state index contributed by atoms with van der Waals surface area (Å²) in [5.41, 5.74) is 5.98. The van der Waals surface area contributed by atoms with E-state index in [1.54, 1.807) is 19.2 Å². The summed E-state index contributed by atoms with van der Waals surface area (Å²) >= 11 is 2.40. The van der Waals surface area contributed by atoms with Crippen molar-refractivity contribution in [3.8, 4) is 0 Å². The molecule has 2 aliphatic rings. The Hall–Kier alpha value is -3.04. The molecule has 0 radical (unpaired) electrons. The number of nitrogens with zero attached hydrogens (tertiary/aromatic N) is 3. The summed E-state index contributed by atoms with van der Waals surface area (Å²) in [6.07, 6.45) is -0.766. The maximum absolute atomic E-state index is 12.8. The van der Waals surface area contributed by atoms with Gasteiger partial charge in [0.05, 0.1) is 12.2 Å². The summed E-state index contributed by atoms with van der Waals surface area (Å²) in [4.78, 5) is 59.5. The lowest BCUT2D eigenvalue weighted by Gasteiger charge is -2.47. The summed E-state index contributed by atoms with van der Waals surface area (Å²) < 4.78 is 14.5. The van der Waals surface area contributed by atoms with Crippen LogP contribution in [-0.2, 0) is 33.4 Å². The van der Waals surface area contributed by atoms with Gasteiger partial charge < -0.3 is 35.0 Å². The zero-order valence-corrected chi connectivity index (χ0v) is 21.4. The zero-order valence-electron chi connectivity index (χ0n) is 18.9. The van der Waals surface area contributed by atoms with E-state index in [-0.39, 0.29) is 53.5 Å². The van der Waals surface area contributed by atoms with E-state index in [1.165, 1.54) is 29.8 Å². The van der Waals surface area contributed by atoms with E-state index in [1.807, 2.05) is 0 Å². The van der Waals surface area contributed by atoms with Crippen LogP contribution in [0.5, 0.6) is 0 Å². The van der Waals surface area contributed by atoms with Crippen LogP contribution < -0.4 is 11.1 Å². The fraction of sp³-hybridized carbons (Fsp3) is 0.474. The van der Waals surface area contributed by atoms with Crippen LogP contribution >= 0.6 is 35.5 Å². The third-order valence-corrected chi connectivity index (χ3v) is 6.39. The number of nitrogen functional groups attached to an aromatic ring is 1. The van der Waals surface area contributed by atoms with Gasteiger partial charge in [-0.1, -0.05) is 5.16 Å². The summed E-state index contributed by atoms with van der Waals surface area (Å²) in [5.74, 6) is -1.58. The van der Waals surface area contributed by atoms with Crippen LogP contribution in [0.2, 0.25) is 0 Å². The highest BCUT2D eigenvalue weighted by Crippen LogP contribution is 2.36. The number of oxime groups is 1. The Morgan fingerprint density at radius 2 is 2.06 bits per heavy atom. The van der Waals surface area contributed by atoms with Gasteiger partial charge in [-0.05, 0) is 13.8 Å². The number of aromatic nitrogens is 1. The Labute approximate surface area is 214 Å². The number of carbonyl (C=O) groups excluding carboxylic acids is 4. The SMILES string of the molecule is CCON=C(C(=O)NC1C(=O)N2C=C(C(=O)OC(C)OC(=O)OCC)CS[C@H]12)c1csc(N)n1.Cl. The van der Waals surface area contributed by atoms with Crippen molar-refractivity contribution in [1.82, 2.24) is 15.2 Å². The van der Waals surface area contributed by atoms with E-state index in [4.69, 9.17) is 20.0 Å². The highest BCUT2D eigenvalue weighted by atomic mass is 35.5. The second-order valence-corrected chi connectivity index (χ2v) is 8.75. The topological polar surface area (TPSA) is 172 Å². The third-order valence-electron chi connectivity index (χ3n) is 4.40. The van der Waals surface area contributed by atoms with Crippen molar-refractivity contribution in [3.05, 3.63) is 22.8 Å². The number of halogens is 1. The van der Waals surface area contributed by atoms with Crippen LogP contribution in [-0.4, -0.2) is 76.2 Å². The van der Waals surface area contributed by atoms with Crippen LogP contribution in [0, 0.1) is 0 Å². The standard InChI is InChI=1S/C19H23N5O8S2.ClH/c1-4-29-19(28)32-9(3)31-17(27)10-6-24-15(26)13(16(24)33-7-10)22-14(25)12(23-30-5-2)11-8-34-18(20)21-11;/h6,8-9,13,16H,4-5,7H2,1-3H3,(H2,20,21)(H,22,25);1H/t9?,13?,16-;/m1./s1. The lowest BCUT2D eigenvalue weighted by Crippen LogP contribution is -2.69. The van der Waals surface area contributed by atoms with E-state index in [2.05, 4.69) is 20.2 Å². The maximum atomic E-state index is 12.8. The minimum Gasteiger partial charge on any atom is -0.435 e. The minimum atomic E-state index is -1.17. The zero-order chi connectivity index (χ0) is 24.8. The number of nitrogens with two attached hydrogens (primary N) is 1. The van der Waals surface area contributed by atoms with Gasteiger partial charge in [0.25, 0.3) is 11.8 Å². The fourth-order valence-corrected chi connectivity index (χ4v) is 4.70. The number of β-lactam (4-membered cyclic amide) rings is 1. The molecule has 2 amide bonds. The van der Waals surface area contributed by atoms with Crippen molar-refractivity contribution in [1.29, 1.82) is 0 Å². The first kappa shape index (κ1) is 28.2. The normalized spacial score (nSPS) is 19.7. The molecule has 3 rings (SSSR count). The molecule has 1 saturated heterocycles. The highest BCUT2D eigenvalue weighted by Gasteiger charge is 2.50. The van der Waals surface area contributed by atoms with E-state index in [0.717, 1.165) is 11.3 Å². The minimum absolute atomic E-state index is 0. The quantitative estimate of drug-likeness (QED) is 0.149. The number of rotatable bonds is 9. The number of amides is 2. The molecule has 2 aliphatic heterocycles. The van der Waals surface area contributed by atoms with Gasteiger partial charge in [-0.3, -0.25) is 9.59 Å². The molecule has 192 valence electrons. The Morgan fingerprint density at radius 3 is 2.69 bits per heavy atom. The smallest absolute Gasteiger partial charge is 0.435 e. The molecular formula is C19H24ClN5O8S2. The van der Waals surface area contributed by atoms with Gasteiger partial charge in [-0.15, -0.1) is 35.5 Å². The Bertz CT molecular complexity index is 1030. The lowest BCUT2D eigenvalue weighted by atomic mass is 10.1. The molecule has 0 aliphatic carbocycles. The Kier molecular flexibility index (Phi) is 10.2. The van der Waals surface area contributed by atoms with E-state index < -0.39 is 41.6 Å². The number of hydrogen-bond acceptors (Lipinski definition) is 13. The molecule has 0 bridgehead atoms. The van der Waals surface area contributed by atoms with E-state index in [9.17, 15) is 19.2 Å². The van der Waals surface area contributed by atoms with Crippen molar-refractivity contribution in [2.24, 2.45) is 5.16 Å². The van der Waals surface area contributed by atoms with Gasteiger partial charge >= 0.3 is 12.1 Å². The first-order valence-electron chi connectivity index (χ1n) is 10.2. The third kappa shape index (κ3) is 6.76. The molecule has 1 fully saturated rings. The number of thiazole rings is 1. The van der Waals surface area contributed by atoms with Crippen LogP contribution in [0.3, 0.4) is 0 Å². The number of ether oxygens (including phenoxy) is 3. The number of hydrogen-bond donors (Lipinski definition) is 2. The maximum Gasteiger partial charge on any atom is 0.511 e. The molecule has 0 spiro atoms. The van der Waals surface area contributed by atoms with Crippen LogP contribution in [0.4, 0.5) is 9.93 Å². The summed E-state index contributed by atoms with van der Waals surface area (Å²) in [6, 6.07) is -0.833. The Morgan fingerprint density at radius 1 is 1.31 bits per heavy atom. The average molecular weight is 550 g/mol. The van der Waals surface area contributed by atoms with Crippen LogP contribution in [0.1, 0.15) is 26.5 Å². The van der Waals surface area contributed by atoms with E-state index in [0.29, 0.717) is 0 Å². The number of anilines is 1. The van der Waals surface area contributed by atoms with Gasteiger partial charge in [0, 0.05) is 24.3 Å². The molecule has 0 saturated carbocycles. The first-order valence-corrected chi connectivity index (χ1v) is 12.1. The first-order chi connectivity index (χ1) is 16.2. The Balaban J connectivity index is 0.00000432. The number of thioether (sulfide) groups is 1. The van der Waals surface area contributed by atoms with E-state index >= 15 is 0 Å². The molecular weight excluding hydrogens is 526 g/mol. The van der Waals surface area contributed by atoms with Crippen LogP contribution in [0.25, 0.3) is 0 Å². The monoisotopic (exact) mass is 549 g/mol. The lowest BCUT2D eigenvalue weighted by molar-refractivity contribution is -0.163. The number of fused-ring (bicyclic) bond motifs is 1.